The number of hydrogen-bond donors (Lipinski definition) is 2. The summed E-state index contributed by atoms with van der Waals surface area (Å²) >= 11 is 0. The number of carbonyl (C=O) groups excluding carboxylic acids is 1. The number of nitriles is 1. The molecule has 0 spiro atoms. The van der Waals surface area contributed by atoms with Crippen molar-refractivity contribution in [1.29, 1.82) is 5.26 Å². The van der Waals surface area contributed by atoms with E-state index in [0.29, 0.717) is 28.1 Å². The van der Waals surface area contributed by atoms with Crippen molar-refractivity contribution < 1.29 is 9.21 Å². The van der Waals surface area contributed by atoms with Gasteiger partial charge < -0.3 is 4.42 Å². The fraction of sp³-hybridized carbons (Fsp3) is 0.0833. The molecule has 7 heteroatoms. The average Bonchev–Trinajstić information content (AvgIpc) is 3.06. The molecule has 152 valence electrons. The molecule has 2 heterocycles. The van der Waals surface area contributed by atoms with Crippen molar-refractivity contribution in [3.8, 4) is 28.5 Å². The maximum Gasteiger partial charge on any atom is 0.277 e. The first-order chi connectivity index (χ1) is 15.0. The van der Waals surface area contributed by atoms with E-state index in [1.165, 1.54) is 0 Å². The predicted molar refractivity (Wildman–Crippen MR) is 117 cm³/mol. The molecule has 4 rings (SSSR count). The molecule has 0 atom stereocenters. The number of nitrogens with one attached hydrogen (secondary N) is 2. The van der Waals surface area contributed by atoms with Crippen molar-refractivity contribution >= 4 is 11.8 Å². The lowest BCUT2D eigenvalue weighted by Gasteiger charge is -2.13. The van der Waals surface area contributed by atoms with Crippen LogP contribution in [0.4, 0.5) is 5.88 Å². The van der Waals surface area contributed by atoms with Gasteiger partial charge in [-0.3, -0.25) is 14.9 Å². The van der Waals surface area contributed by atoms with E-state index in [2.05, 4.69) is 15.5 Å². The predicted octanol–water partition coefficient (Wildman–Crippen LogP) is 4.44. The van der Waals surface area contributed by atoms with E-state index < -0.39 is 11.5 Å². The summed E-state index contributed by atoms with van der Waals surface area (Å²) < 4.78 is 5.55. The molecule has 2 aromatic heterocycles. The maximum atomic E-state index is 13.3. The first-order valence-corrected chi connectivity index (χ1v) is 9.56. The van der Waals surface area contributed by atoms with Crippen LogP contribution in [0.5, 0.6) is 0 Å². The quantitative estimate of drug-likeness (QED) is 0.517. The zero-order valence-electron chi connectivity index (χ0n) is 16.9. The summed E-state index contributed by atoms with van der Waals surface area (Å²) in [5.41, 5.74) is 2.36. The van der Waals surface area contributed by atoms with E-state index in [1.54, 1.807) is 13.8 Å². The standard InChI is InChI=1S/C24H18N4O3/c1-14-15(2)31-24(18(14)13-25)26-22(29)20-19(16-9-5-3-6-10-16)21(27-28-23(20)30)17-11-7-4-8-12-17/h3-12H,1-2H3,(H,26,29)(H,28,30). The SMILES string of the molecule is Cc1oc(NC(=O)c2c(-c3ccccc3)c(-c3ccccc3)n[nH]c2=O)c(C#N)c1C. The Bertz CT molecular complexity index is 1360. The number of benzene rings is 2. The minimum Gasteiger partial charge on any atom is -0.444 e. The highest BCUT2D eigenvalue weighted by molar-refractivity contribution is 6.10. The van der Waals surface area contributed by atoms with Gasteiger partial charge in [-0.25, -0.2) is 5.10 Å². The van der Waals surface area contributed by atoms with Crippen molar-refractivity contribution in [2.24, 2.45) is 0 Å². The van der Waals surface area contributed by atoms with Crippen molar-refractivity contribution in [3.05, 3.63) is 93.5 Å². The van der Waals surface area contributed by atoms with Gasteiger partial charge in [0.15, 0.2) is 0 Å². The second-order valence-corrected chi connectivity index (χ2v) is 6.94. The van der Waals surface area contributed by atoms with Crippen LogP contribution in [0, 0.1) is 25.2 Å². The number of rotatable bonds is 4. The lowest BCUT2D eigenvalue weighted by atomic mass is 9.95. The Kier molecular flexibility index (Phi) is 5.21. The van der Waals surface area contributed by atoms with Crippen LogP contribution in [-0.2, 0) is 0 Å². The van der Waals surface area contributed by atoms with Crippen LogP contribution < -0.4 is 10.9 Å². The molecule has 0 bridgehead atoms. The Balaban J connectivity index is 1.92. The molecule has 4 aromatic rings. The Labute approximate surface area is 178 Å². The first-order valence-electron chi connectivity index (χ1n) is 9.56. The van der Waals surface area contributed by atoms with Crippen LogP contribution in [-0.4, -0.2) is 16.1 Å². The molecular formula is C24H18N4O3. The molecule has 7 nitrogen and oxygen atoms in total. The van der Waals surface area contributed by atoms with Crippen LogP contribution in [0.3, 0.4) is 0 Å². The topological polar surface area (TPSA) is 112 Å². The van der Waals surface area contributed by atoms with Gasteiger partial charge in [0.2, 0.25) is 5.88 Å². The molecule has 0 saturated carbocycles. The van der Waals surface area contributed by atoms with Gasteiger partial charge in [0.25, 0.3) is 11.5 Å². The number of anilines is 1. The van der Waals surface area contributed by atoms with E-state index in [0.717, 1.165) is 5.56 Å². The number of carbonyl (C=O) groups is 1. The highest BCUT2D eigenvalue weighted by Crippen LogP contribution is 2.32. The number of nitrogens with zero attached hydrogens (tertiary/aromatic N) is 2. The maximum absolute atomic E-state index is 13.3. The second kappa shape index (κ2) is 8.13. The summed E-state index contributed by atoms with van der Waals surface area (Å²) in [7, 11) is 0. The van der Waals surface area contributed by atoms with Gasteiger partial charge >= 0.3 is 0 Å². The summed E-state index contributed by atoms with van der Waals surface area (Å²) in [6.07, 6.45) is 0. The highest BCUT2D eigenvalue weighted by atomic mass is 16.4. The molecule has 2 N–H and O–H groups in total. The molecule has 0 aliphatic carbocycles. The Hall–Kier alpha value is -4.44. The lowest BCUT2D eigenvalue weighted by Crippen LogP contribution is -2.26. The van der Waals surface area contributed by atoms with Crippen LogP contribution in [0.2, 0.25) is 0 Å². The Morgan fingerprint density at radius 3 is 2.26 bits per heavy atom. The third kappa shape index (κ3) is 3.63. The van der Waals surface area contributed by atoms with Gasteiger partial charge in [0, 0.05) is 16.7 Å². The van der Waals surface area contributed by atoms with E-state index >= 15 is 0 Å². The number of hydrogen-bond acceptors (Lipinski definition) is 5. The summed E-state index contributed by atoms with van der Waals surface area (Å²) in [5.74, 6) is -0.160. The fourth-order valence-electron chi connectivity index (χ4n) is 3.37. The molecule has 2 aromatic carbocycles. The average molecular weight is 410 g/mol. The minimum absolute atomic E-state index is 0.0129. The van der Waals surface area contributed by atoms with E-state index in [4.69, 9.17) is 4.42 Å². The molecule has 0 aliphatic rings. The molecule has 1 amide bonds. The number of furan rings is 1. The lowest BCUT2D eigenvalue weighted by molar-refractivity contribution is 0.102. The van der Waals surface area contributed by atoms with Crippen molar-refractivity contribution in [2.45, 2.75) is 13.8 Å². The first kappa shape index (κ1) is 19.9. The zero-order chi connectivity index (χ0) is 22.0. The normalized spacial score (nSPS) is 10.5. The summed E-state index contributed by atoms with van der Waals surface area (Å²) in [5, 5.41) is 18.7. The van der Waals surface area contributed by atoms with Crippen LogP contribution in [0.15, 0.2) is 69.9 Å². The zero-order valence-corrected chi connectivity index (χ0v) is 16.9. The summed E-state index contributed by atoms with van der Waals surface area (Å²) in [6.45, 7) is 3.43. The smallest absolute Gasteiger partial charge is 0.277 e. The van der Waals surface area contributed by atoms with Gasteiger partial charge in [0.1, 0.15) is 23.0 Å². The van der Waals surface area contributed by atoms with E-state index in [9.17, 15) is 14.9 Å². The van der Waals surface area contributed by atoms with E-state index in [1.807, 2.05) is 66.7 Å². The number of aromatic amines is 1. The number of aryl methyl sites for hydroxylation is 1. The van der Waals surface area contributed by atoms with Crippen molar-refractivity contribution in [2.75, 3.05) is 5.32 Å². The number of H-pyrrole nitrogens is 1. The van der Waals surface area contributed by atoms with Crippen molar-refractivity contribution in [1.82, 2.24) is 10.2 Å². The van der Waals surface area contributed by atoms with Crippen LogP contribution in [0.1, 0.15) is 27.2 Å². The largest absolute Gasteiger partial charge is 0.444 e. The molecule has 31 heavy (non-hydrogen) atoms. The van der Waals surface area contributed by atoms with Gasteiger partial charge in [-0.05, 0) is 19.4 Å². The van der Waals surface area contributed by atoms with E-state index in [-0.39, 0.29) is 17.0 Å². The van der Waals surface area contributed by atoms with Gasteiger partial charge in [0.05, 0.1) is 5.69 Å². The summed E-state index contributed by atoms with van der Waals surface area (Å²) in [4.78, 5) is 26.1. The summed E-state index contributed by atoms with van der Waals surface area (Å²) in [6, 6.07) is 20.4. The van der Waals surface area contributed by atoms with Crippen LogP contribution >= 0.6 is 0 Å². The molecule has 0 fully saturated rings. The third-order valence-corrected chi connectivity index (χ3v) is 5.04. The Morgan fingerprint density at radius 1 is 1.03 bits per heavy atom. The molecule has 0 unspecified atom stereocenters. The fourth-order valence-corrected chi connectivity index (χ4v) is 3.37. The number of aromatic nitrogens is 2. The molecule has 0 radical (unpaired) electrons. The molecule has 0 aliphatic heterocycles. The second-order valence-electron chi connectivity index (χ2n) is 6.94. The van der Waals surface area contributed by atoms with Gasteiger partial charge in [-0.1, -0.05) is 60.7 Å². The van der Waals surface area contributed by atoms with Crippen molar-refractivity contribution in [3.63, 3.8) is 0 Å². The molecule has 0 saturated heterocycles. The van der Waals surface area contributed by atoms with Gasteiger partial charge in [-0.2, -0.15) is 10.4 Å². The molecular weight excluding hydrogens is 392 g/mol. The Morgan fingerprint density at radius 2 is 1.65 bits per heavy atom. The van der Waals surface area contributed by atoms with Crippen LogP contribution in [0.25, 0.3) is 22.4 Å². The minimum atomic E-state index is -0.690. The van der Waals surface area contributed by atoms with Gasteiger partial charge in [-0.15, -0.1) is 0 Å². The number of amides is 1. The third-order valence-electron chi connectivity index (χ3n) is 5.04. The highest BCUT2D eigenvalue weighted by Gasteiger charge is 2.25. The monoisotopic (exact) mass is 410 g/mol.